The van der Waals surface area contributed by atoms with Gasteiger partial charge in [-0.1, -0.05) is 13.0 Å². The van der Waals surface area contributed by atoms with Crippen molar-refractivity contribution in [1.29, 1.82) is 0 Å². The van der Waals surface area contributed by atoms with Gasteiger partial charge >= 0.3 is 0 Å². The summed E-state index contributed by atoms with van der Waals surface area (Å²) in [6, 6.07) is 6.90. The number of amides is 1. The normalized spacial score (nSPS) is 20.5. The predicted molar refractivity (Wildman–Crippen MR) is 97.2 cm³/mol. The Hall–Kier alpha value is -1.81. The third-order valence-corrected chi connectivity index (χ3v) is 5.68. The number of fused-ring (bicyclic) bond motifs is 3. The number of hydrogen-bond donors (Lipinski definition) is 2. The monoisotopic (exact) mass is 325 g/mol. The van der Waals surface area contributed by atoms with Gasteiger partial charge in [0.25, 0.3) is 5.91 Å². The van der Waals surface area contributed by atoms with Crippen LogP contribution >= 0.6 is 0 Å². The van der Waals surface area contributed by atoms with Crippen LogP contribution in [-0.4, -0.2) is 34.9 Å². The highest BCUT2D eigenvalue weighted by molar-refractivity contribution is 5.98. The van der Waals surface area contributed by atoms with Gasteiger partial charge in [0.05, 0.1) is 0 Å². The molecule has 1 atom stereocenters. The molecule has 1 unspecified atom stereocenters. The van der Waals surface area contributed by atoms with E-state index in [0.717, 1.165) is 24.3 Å². The van der Waals surface area contributed by atoms with E-state index in [1.807, 2.05) is 6.07 Å². The second-order valence-corrected chi connectivity index (χ2v) is 7.55. The Bertz CT molecular complexity index is 760. The van der Waals surface area contributed by atoms with Crippen molar-refractivity contribution in [2.45, 2.75) is 51.5 Å². The lowest BCUT2D eigenvalue weighted by Gasteiger charge is -2.35. The highest BCUT2D eigenvalue weighted by Crippen LogP contribution is 2.34. The number of nitrogens with one attached hydrogen (secondary N) is 1. The van der Waals surface area contributed by atoms with E-state index in [2.05, 4.69) is 28.9 Å². The minimum atomic E-state index is -0.381. The SMILES string of the molecule is CCCN(CC1CC1)C1CCc2ccc3[nH]c(C(N)=O)cc3c2C1. The fraction of sp³-hybridized carbons (Fsp3) is 0.550. The quantitative estimate of drug-likeness (QED) is 0.856. The maximum atomic E-state index is 11.5. The molecule has 3 N–H and O–H groups in total. The van der Waals surface area contributed by atoms with Crippen LogP contribution in [0.25, 0.3) is 10.9 Å². The smallest absolute Gasteiger partial charge is 0.265 e. The van der Waals surface area contributed by atoms with E-state index in [4.69, 9.17) is 5.73 Å². The van der Waals surface area contributed by atoms with Crippen LogP contribution in [0.3, 0.4) is 0 Å². The van der Waals surface area contributed by atoms with Crippen molar-refractivity contribution in [2.24, 2.45) is 11.7 Å². The molecular formula is C20H27N3O. The molecule has 0 bridgehead atoms. The highest BCUT2D eigenvalue weighted by Gasteiger charge is 2.30. The molecule has 24 heavy (non-hydrogen) atoms. The average Bonchev–Trinajstić information content (AvgIpc) is 3.28. The molecule has 1 heterocycles. The van der Waals surface area contributed by atoms with Gasteiger partial charge in [-0.25, -0.2) is 0 Å². The second kappa shape index (κ2) is 6.25. The molecule has 1 aromatic heterocycles. The van der Waals surface area contributed by atoms with Crippen molar-refractivity contribution in [1.82, 2.24) is 9.88 Å². The first-order valence-corrected chi connectivity index (χ1v) is 9.33. The van der Waals surface area contributed by atoms with Gasteiger partial charge in [-0.05, 0) is 74.2 Å². The molecule has 0 saturated heterocycles. The first kappa shape index (κ1) is 15.7. The molecule has 2 aromatic rings. The van der Waals surface area contributed by atoms with Crippen molar-refractivity contribution >= 4 is 16.8 Å². The molecule has 0 radical (unpaired) electrons. The van der Waals surface area contributed by atoms with Crippen molar-refractivity contribution in [3.63, 3.8) is 0 Å². The summed E-state index contributed by atoms with van der Waals surface area (Å²) in [4.78, 5) is 17.4. The number of hydrogen-bond acceptors (Lipinski definition) is 2. The topological polar surface area (TPSA) is 62.1 Å². The number of H-pyrrole nitrogens is 1. The summed E-state index contributed by atoms with van der Waals surface area (Å²) in [7, 11) is 0. The Kier molecular flexibility index (Phi) is 4.09. The summed E-state index contributed by atoms with van der Waals surface area (Å²) in [5, 5.41) is 1.19. The Morgan fingerprint density at radius 3 is 2.88 bits per heavy atom. The minimum absolute atomic E-state index is 0.381. The summed E-state index contributed by atoms with van der Waals surface area (Å²) < 4.78 is 0. The molecule has 1 saturated carbocycles. The second-order valence-electron chi connectivity index (χ2n) is 7.55. The van der Waals surface area contributed by atoms with Crippen molar-refractivity contribution < 1.29 is 4.79 Å². The van der Waals surface area contributed by atoms with Crippen molar-refractivity contribution in [3.05, 3.63) is 35.0 Å². The predicted octanol–water partition coefficient (Wildman–Crippen LogP) is 3.25. The van der Waals surface area contributed by atoms with E-state index in [1.165, 1.54) is 55.3 Å². The van der Waals surface area contributed by atoms with Crippen LogP contribution in [0.4, 0.5) is 0 Å². The van der Waals surface area contributed by atoms with Gasteiger partial charge in [-0.2, -0.15) is 0 Å². The van der Waals surface area contributed by atoms with Crippen LogP contribution in [0.15, 0.2) is 18.2 Å². The van der Waals surface area contributed by atoms with Crippen LogP contribution < -0.4 is 5.73 Å². The lowest BCUT2D eigenvalue weighted by molar-refractivity contribution is 0.0996. The summed E-state index contributed by atoms with van der Waals surface area (Å²) in [6.07, 6.45) is 7.52. The van der Waals surface area contributed by atoms with Gasteiger partial charge in [0.1, 0.15) is 5.69 Å². The Morgan fingerprint density at radius 1 is 1.33 bits per heavy atom. The van der Waals surface area contributed by atoms with Crippen molar-refractivity contribution in [2.75, 3.05) is 13.1 Å². The molecule has 2 aliphatic carbocycles. The van der Waals surface area contributed by atoms with E-state index in [-0.39, 0.29) is 5.91 Å². The third-order valence-electron chi connectivity index (χ3n) is 5.68. The third kappa shape index (κ3) is 2.95. The number of aromatic nitrogens is 1. The van der Waals surface area contributed by atoms with Crippen LogP contribution in [0.1, 0.15) is 54.2 Å². The fourth-order valence-corrected chi connectivity index (χ4v) is 4.23. The first-order valence-electron chi connectivity index (χ1n) is 9.33. The number of aromatic amines is 1. The number of aryl methyl sites for hydroxylation is 1. The summed E-state index contributed by atoms with van der Waals surface area (Å²) in [6.45, 7) is 4.75. The summed E-state index contributed by atoms with van der Waals surface area (Å²) >= 11 is 0. The largest absolute Gasteiger partial charge is 0.364 e. The van der Waals surface area contributed by atoms with Crippen LogP contribution in [0.2, 0.25) is 0 Å². The van der Waals surface area contributed by atoms with Crippen LogP contribution in [0.5, 0.6) is 0 Å². The average molecular weight is 325 g/mol. The number of carbonyl (C=O) groups excluding carboxylic acids is 1. The van der Waals surface area contributed by atoms with Gasteiger partial charge in [0.15, 0.2) is 0 Å². The first-order chi connectivity index (χ1) is 11.7. The number of carbonyl (C=O) groups is 1. The number of primary amides is 1. The van der Waals surface area contributed by atoms with E-state index in [0.29, 0.717) is 11.7 Å². The number of nitrogens with two attached hydrogens (primary N) is 1. The van der Waals surface area contributed by atoms with Gasteiger partial charge < -0.3 is 10.7 Å². The van der Waals surface area contributed by atoms with Gasteiger partial charge in [-0.15, -0.1) is 0 Å². The standard InChI is InChI=1S/C20H27N3O/c1-2-9-23(12-13-3-4-13)15-7-5-14-6-8-18-17(16(14)10-15)11-19(22-18)20(21)24/h6,8,11,13,15,22H,2-5,7,9-10,12H2,1H3,(H2,21,24). The summed E-state index contributed by atoms with van der Waals surface area (Å²) in [5.74, 6) is 0.552. The van der Waals surface area contributed by atoms with E-state index in [1.54, 1.807) is 0 Å². The lowest BCUT2D eigenvalue weighted by Crippen LogP contribution is -2.41. The molecule has 0 aliphatic heterocycles. The number of rotatable bonds is 6. The molecule has 1 amide bonds. The molecule has 1 aromatic carbocycles. The van der Waals surface area contributed by atoms with Gasteiger partial charge in [-0.3, -0.25) is 9.69 Å². The van der Waals surface area contributed by atoms with E-state index in [9.17, 15) is 4.79 Å². The minimum Gasteiger partial charge on any atom is -0.364 e. The van der Waals surface area contributed by atoms with E-state index < -0.39 is 0 Å². The maximum absolute atomic E-state index is 11.5. The Balaban J connectivity index is 1.64. The van der Waals surface area contributed by atoms with E-state index >= 15 is 0 Å². The lowest BCUT2D eigenvalue weighted by atomic mass is 9.85. The molecule has 4 heteroatoms. The van der Waals surface area contributed by atoms with Gasteiger partial charge in [0.2, 0.25) is 0 Å². The Labute approximate surface area is 143 Å². The van der Waals surface area contributed by atoms with Crippen LogP contribution in [-0.2, 0) is 12.8 Å². The van der Waals surface area contributed by atoms with Crippen LogP contribution in [0, 0.1) is 5.92 Å². The maximum Gasteiger partial charge on any atom is 0.265 e. The van der Waals surface area contributed by atoms with Gasteiger partial charge in [0, 0.05) is 23.5 Å². The molecular weight excluding hydrogens is 298 g/mol. The molecule has 4 nitrogen and oxygen atoms in total. The Morgan fingerprint density at radius 2 is 2.17 bits per heavy atom. The molecule has 2 aliphatic rings. The zero-order valence-electron chi connectivity index (χ0n) is 14.5. The zero-order chi connectivity index (χ0) is 16.7. The molecule has 128 valence electrons. The molecule has 1 fully saturated rings. The highest BCUT2D eigenvalue weighted by atomic mass is 16.1. The zero-order valence-corrected chi connectivity index (χ0v) is 14.5. The fourth-order valence-electron chi connectivity index (χ4n) is 4.23. The number of nitrogens with zero attached hydrogens (tertiary/aromatic N) is 1. The van der Waals surface area contributed by atoms with Crippen molar-refractivity contribution in [3.8, 4) is 0 Å². The molecule has 0 spiro atoms. The molecule has 4 rings (SSSR count). The summed E-state index contributed by atoms with van der Waals surface area (Å²) in [5.41, 5.74) is 9.87. The number of benzene rings is 1.